The van der Waals surface area contributed by atoms with Gasteiger partial charge in [0.2, 0.25) is 5.91 Å². The normalized spacial score (nSPS) is 23.1. The summed E-state index contributed by atoms with van der Waals surface area (Å²) in [5, 5.41) is 14.5. The van der Waals surface area contributed by atoms with Crippen LogP contribution in [0.15, 0.2) is 48.5 Å². The molecule has 1 amide bonds. The summed E-state index contributed by atoms with van der Waals surface area (Å²) in [6.07, 6.45) is 3.72. The molecule has 29 heavy (non-hydrogen) atoms. The predicted molar refractivity (Wildman–Crippen MR) is 111 cm³/mol. The first kappa shape index (κ1) is 19.9. The number of benzene rings is 2. The van der Waals surface area contributed by atoms with Gasteiger partial charge in [0.1, 0.15) is 11.4 Å². The SMILES string of the molecule is COc1ccc2c(c1)CCCC2(O)CNC(=O)C1(c2ccccc2)CCOCC1. The summed E-state index contributed by atoms with van der Waals surface area (Å²) >= 11 is 0. The van der Waals surface area contributed by atoms with Crippen LogP contribution in [0, 0.1) is 0 Å². The smallest absolute Gasteiger partial charge is 0.230 e. The minimum Gasteiger partial charge on any atom is -0.497 e. The second-order valence-corrected chi connectivity index (χ2v) is 8.15. The van der Waals surface area contributed by atoms with E-state index in [4.69, 9.17) is 9.47 Å². The molecular weight excluding hydrogens is 366 g/mol. The molecule has 0 bridgehead atoms. The number of amides is 1. The van der Waals surface area contributed by atoms with Gasteiger partial charge in [0.25, 0.3) is 0 Å². The molecule has 5 heteroatoms. The number of nitrogens with one attached hydrogen (secondary N) is 1. The van der Waals surface area contributed by atoms with Crippen molar-refractivity contribution in [2.45, 2.75) is 43.1 Å². The molecule has 1 aliphatic heterocycles. The Morgan fingerprint density at radius 3 is 2.62 bits per heavy atom. The summed E-state index contributed by atoms with van der Waals surface area (Å²) in [5.41, 5.74) is 1.34. The van der Waals surface area contributed by atoms with Gasteiger partial charge in [0.15, 0.2) is 0 Å². The van der Waals surface area contributed by atoms with Crippen molar-refractivity contribution in [3.63, 3.8) is 0 Å². The fourth-order valence-corrected chi connectivity index (χ4v) is 4.77. The van der Waals surface area contributed by atoms with Gasteiger partial charge in [0.05, 0.1) is 19.1 Å². The average molecular weight is 395 g/mol. The van der Waals surface area contributed by atoms with Crippen LogP contribution in [0.25, 0.3) is 0 Å². The van der Waals surface area contributed by atoms with Crippen LogP contribution in [0.5, 0.6) is 5.75 Å². The van der Waals surface area contributed by atoms with E-state index in [0.29, 0.717) is 32.5 Å². The van der Waals surface area contributed by atoms with E-state index in [9.17, 15) is 9.90 Å². The summed E-state index contributed by atoms with van der Waals surface area (Å²) < 4.78 is 10.9. The number of fused-ring (bicyclic) bond motifs is 1. The number of aliphatic hydroxyl groups is 1. The van der Waals surface area contributed by atoms with Crippen LogP contribution in [0.4, 0.5) is 0 Å². The molecule has 4 rings (SSSR count). The van der Waals surface area contributed by atoms with Gasteiger partial charge in [-0.25, -0.2) is 0 Å². The van der Waals surface area contributed by atoms with Crippen molar-refractivity contribution in [3.8, 4) is 5.75 Å². The Morgan fingerprint density at radius 2 is 1.90 bits per heavy atom. The third-order valence-corrected chi connectivity index (χ3v) is 6.50. The van der Waals surface area contributed by atoms with Crippen molar-refractivity contribution in [2.75, 3.05) is 26.9 Å². The monoisotopic (exact) mass is 395 g/mol. The molecule has 1 unspecified atom stereocenters. The first-order valence-corrected chi connectivity index (χ1v) is 10.4. The molecular formula is C24H29NO4. The standard InChI is InChI=1S/C24H29NO4/c1-28-20-9-10-21-18(16-20)6-5-11-24(21,27)17-25-22(26)23(12-14-29-15-13-23)19-7-3-2-4-8-19/h2-4,7-10,16,27H,5-6,11-15,17H2,1H3,(H,25,26). The first-order chi connectivity index (χ1) is 14.1. The number of rotatable bonds is 5. The topological polar surface area (TPSA) is 67.8 Å². The van der Waals surface area contributed by atoms with Gasteiger partial charge in [-0.3, -0.25) is 4.79 Å². The quantitative estimate of drug-likeness (QED) is 0.816. The lowest BCUT2D eigenvalue weighted by Gasteiger charge is -2.39. The molecule has 1 heterocycles. The van der Waals surface area contributed by atoms with Crippen molar-refractivity contribution >= 4 is 5.91 Å². The highest BCUT2D eigenvalue weighted by molar-refractivity contribution is 5.88. The largest absolute Gasteiger partial charge is 0.497 e. The van der Waals surface area contributed by atoms with E-state index in [1.807, 2.05) is 48.5 Å². The number of hydrogen-bond acceptors (Lipinski definition) is 4. The maximum Gasteiger partial charge on any atom is 0.230 e. The number of aryl methyl sites for hydroxylation is 1. The molecule has 0 aromatic heterocycles. The Morgan fingerprint density at radius 1 is 1.14 bits per heavy atom. The van der Waals surface area contributed by atoms with Gasteiger partial charge in [-0.05, 0) is 60.9 Å². The van der Waals surface area contributed by atoms with E-state index in [0.717, 1.165) is 35.3 Å². The van der Waals surface area contributed by atoms with Crippen LogP contribution in [-0.4, -0.2) is 37.9 Å². The van der Waals surface area contributed by atoms with Crippen molar-refractivity contribution in [2.24, 2.45) is 0 Å². The molecule has 1 atom stereocenters. The number of hydrogen-bond donors (Lipinski definition) is 2. The van der Waals surface area contributed by atoms with Gasteiger partial charge < -0.3 is 19.9 Å². The molecule has 2 N–H and O–H groups in total. The van der Waals surface area contributed by atoms with Crippen molar-refractivity contribution < 1.29 is 19.4 Å². The molecule has 2 aliphatic rings. The van der Waals surface area contributed by atoms with Crippen LogP contribution in [0.2, 0.25) is 0 Å². The second kappa shape index (κ2) is 8.17. The van der Waals surface area contributed by atoms with Crippen LogP contribution < -0.4 is 10.1 Å². The molecule has 0 saturated carbocycles. The lowest BCUT2D eigenvalue weighted by atomic mass is 9.73. The Kier molecular flexibility index (Phi) is 5.61. The maximum atomic E-state index is 13.4. The van der Waals surface area contributed by atoms with E-state index >= 15 is 0 Å². The summed E-state index contributed by atoms with van der Waals surface area (Å²) in [6.45, 7) is 1.34. The fraction of sp³-hybridized carbons (Fsp3) is 0.458. The molecule has 2 aromatic rings. The van der Waals surface area contributed by atoms with Gasteiger partial charge in [-0.2, -0.15) is 0 Å². The number of carbonyl (C=O) groups is 1. The minimum atomic E-state index is -1.06. The van der Waals surface area contributed by atoms with E-state index < -0.39 is 11.0 Å². The van der Waals surface area contributed by atoms with Gasteiger partial charge >= 0.3 is 0 Å². The van der Waals surface area contributed by atoms with E-state index in [2.05, 4.69) is 5.32 Å². The zero-order chi connectivity index (χ0) is 20.3. The molecule has 1 saturated heterocycles. The fourth-order valence-electron chi connectivity index (χ4n) is 4.77. The third kappa shape index (κ3) is 3.77. The highest BCUT2D eigenvalue weighted by atomic mass is 16.5. The van der Waals surface area contributed by atoms with Crippen LogP contribution in [-0.2, 0) is 27.0 Å². The summed E-state index contributed by atoms with van der Waals surface area (Å²) in [6, 6.07) is 15.7. The second-order valence-electron chi connectivity index (χ2n) is 8.15. The van der Waals surface area contributed by atoms with Gasteiger partial charge in [-0.1, -0.05) is 36.4 Å². The number of methoxy groups -OCH3 is 1. The Balaban J connectivity index is 1.56. The van der Waals surface area contributed by atoms with Gasteiger partial charge in [-0.15, -0.1) is 0 Å². The molecule has 1 aliphatic carbocycles. The number of ether oxygens (including phenoxy) is 2. The molecule has 154 valence electrons. The van der Waals surface area contributed by atoms with Crippen LogP contribution in [0.3, 0.4) is 0 Å². The van der Waals surface area contributed by atoms with Crippen molar-refractivity contribution in [3.05, 3.63) is 65.2 Å². The Labute approximate surface area is 172 Å². The zero-order valence-electron chi connectivity index (χ0n) is 16.9. The maximum absolute atomic E-state index is 13.4. The first-order valence-electron chi connectivity index (χ1n) is 10.4. The molecule has 1 fully saturated rings. The van der Waals surface area contributed by atoms with Crippen LogP contribution in [0.1, 0.15) is 42.4 Å². The van der Waals surface area contributed by atoms with E-state index in [1.54, 1.807) is 7.11 Å². The summed E-state index contributed by atoms with van der Waals surface area (Å²) in [5.74, 6) is 0.767. The minimum absolute atomic E-state index is 0.0268. The lowest BCUT2D eigenvalue weighted by Crippen LogP contribution is -2.52. The average Bonchev–Trinajstić information content (AvgIpc) is 2.78. The Bertz CT molecular complexity index is 860. The Hall–Kier alpha value is -2.37. The molecule has 0 spiro atoms. The number of carbonyl (C=O) groups excluding carboxylic acids is 1. The molecule has 0 radical (unpaired) electrons. The highest BCUT2D eigenvalue weighted by Gasteiger charge is 2.43. The van der Waals surface area contributed by atoms with Crippen molar-refractivity contribution in [1.82, 2.24) is 5.32 Å². The van der Waals surface area contributed by atoms with E-state index in [-0.39, 0.29) is 12.5 Å². The molecule has 2 aromatic carbocycles. The van der Waals surface area contributed by atoms with Gasteiger partial charge in [0, 0.05) is 13.2 Å². The predicted octanol–water partition coefficient (Wildman–Crippen LogP) is 3.08. The van der Waals surface area contributed by atoms with E-state index in [1.165, 1.54) is 0 Å². The third-order valence-electron chi connectivity index (χ3n) is 6.50. The zero-order valence-corrected chi connectivity index (χ0v) is 16.9. The van der Waals surface area contributed by atoms with Crippen molar-refractivity contribution in [1.29, 1.82) is 0 Å². The molecule has 5 nitrogen and oxygen atoms in total. The lowest BCUT2D eigenvalue weighted by molar-refractivity contribution is -0.132. The summed E-state index contributed by atoms with van der Waals surface area (Å²) in [4.78, 5) is 13.4. The highest BCUT2D eigenvalue weighted by Crippen LogP contribution is 2.38. The summed E-state index contributed by atoms with van der Waals surface area (Å²) in [7, 11) is 1.65. The van der Waals surface area contributed by atoms with Crippen LogP contribution >= 0.6 is 0 Å².